The van der Waals surface area contributed by atoms with Gasteiger partial charge in [-0.2, -0.15) is 0 Å². The van der Waals surface area contributed by atoms with Gasteiger partial charge < -0.3 is 19.1 Å². The quantitative estimate of drug-likeness (QED) is 0.708. The lowest BCUT2D eigenvalue weighted by Gasteiger charge is -2.43. The highest BCUT2D eigenvalue weighted by Gasteiger charge is 2.40. The minimum absolute atomic E-state index is 0.0935. The van der Waals surface area contributed by atoms with E-state index in [0.29, 0.717) is 6.54 Å². The molecule has 1 amide bonds. The van der Waals surface area contributed by atoms with Gasteiger partial charge in [-0.3, -0.25) is 9.69 Å². The number of piperazine rings is 1. The molecule has 6 nitrogen and oxygen atoms in total. The maximum Gasteiger partial charge on any atom is 0.255 e. The molecular weight excluding hydrogens is 395 g/mol. The Labute approximate surface area is 184 Å². The van der Waals surface area contributed by atoms with Crippen molar-refractivity contribution in [2.24, 2.45) is 7.05 Å². The number of hydrogen-bond donors (Lipinski definition) is 0. The van der Waals surface area contributed by atoms with Gasteiger partial charge in [-0.1, -0.05) is 13.3 Å². The molecule has 2 atom stereocenters. The molecule has 2 unspecified atom stereocenters. The average molecular weight is 429 g/mol. The molecule has 3 heterocycles. The molecule has 7 heteroatoms. The third-order valence-electron chi connectivity index (χ3n) is 6.68. The van der Waals surface area contributed by atoms with E-state index in [2.05, 4.69) is 16.7 Å². The second-order valence-corrected chi connectivity index (χ2v) is 8.55. The third-order valence-corrected chi connectivity index (χ3v) is 6.68. The van der Waals surface area contributed by atoms with Crippen LogP contribution in [0.4, 0.5) is 10.1 Å². The van der Waals surface area contributed by atoms with Crippen LogP contribution in [0.15, 0.2) is 36.5 Å². The Kier molecular flexibility index (Phi) is 6.62. The van der Waals surface area contributed by atoms with Gasteiger partial charge in [0.25, 0.3) is 5.91 Å². The van der Waals surface area contributed by atoms with Crippen LogP contribution in [-0.4, -0.2) is 72.7 Å². The summed E-state index contributed by atoms with van der Waals surface area (Å²) in [6.45, 7) is 7.06. The van der Waals surface area contributed by atoms with Crippen LogP contribution in [0.25, 0.3) is 0 Å². The van der Waals surface area contributed by atoms with Crippen molar-refractivity contribution in [3.05, 3.63) is 53.6 Å². The van der Waals surface area contributed by atoms with E-state index in [4.69, 9.17) is 4.74 Å². The molecule has 4 rings (SSSR count). The smallest absolute Gasteiger partial charge is 0.255 e. The number of aryl methyl sites for hydroxylation is 1. The highest BCUT2D eigenvalue weighted by Crippen LogP contribution is 2.33. The molecule has 0 saturated carbocycles. The highest BCUT2D eigenvalue weighted by molar-refractivity contribution is 5.96. The number of amides is 1. The van der Waals surface area contributed by atoms with Crippen molar-refractivity contribution < 1.29 is 13.9 Å². The summed E-state index contributed by atoms with van der Waals surface area (Å²) in [4.78, 5) is 20.1. The number of benzene rings is 1. The molecule has 0 spiro atoms. The first-order valence-corrected chi connectivity index (χ1v) is 11.2. The van der Waals surface area contributed by atoms with Gasteiger partial charge in [0, 0.05) is 65.3 Å². The van der Waals surface area contributed by atoms with Gasteiger partial charge in [0.15, 0.2) is 0 Å². The molecule has 1 fully saturated rings. The largest absolute Gasteiger partial charge is 0.373 e. The summed E-state index contributed by atoms with van der Waals surface area (Å²) < 4.78 is 21.4. The summed E-state index contributed by atoms with van der Waals surface area (Å²) in [7, 11) is 3.73. The first-order valence-electron chi connectivity index (χ1n) is 11.2. The molecule has 2 aromatic rings. The van der Waals surface area contributed by atoms with Crippen molar-refractivity contribution in [3.63, 3.8) is 0 Å². The van der Waals surface area contributed by atoms with E-state index in [1.165, 1.54) is 12.1 Å². The molecule has 0 aliphatic carbocycles. The molecule has 0 bridgehead atoms. The predicted molar refractivity (Wildman–Crippen MR) is 120 cm³/mol. The van der Waals surface area contributed by atoms with Gasteiger partial charge in [-0.15, -0.1) is 0 Å². The molecule has 2 aliphatic rings. The second-order valence-electron chi connectivity index (χ2n) is 8.55. The number of ether oxygens (including phenoxy) is 1. The Morgan fingerprint density at radius 1 is 1.10 bits per heavy atom. The zero-order valence-electron chi connectivity index (χ0n) is 18.8. The van der Waals surface area contributed by atoms with Gasteiger partial charge in [0.1, 0.15) is 11.9 Å². The summed E-state index contributed by atoms with van der Waals surface area (Å²) in [5.74, 6) is -0.0995. The highest BCUT2D eigenvalue weighted by atomic mass is 19.1. The Morgan fingerprint density at radius 3 is 2.45 bits per heavy atom. The van der Waals surface area contributed by atoms with Crippen molar-refractivity contribution in [1.29, 1.82) is 0 Å². The van der Waals surface area contributed by atoms with Crippen LogP contribution in [0.5, 0.6) is 0 Å². The number of halogens is 1. The first kappa shape index (κ1) is 21.8. The SMILES string of the molecule is CCCCN1CC(N2CCN(c3ccc(F)cc3)CC2)C(OC)c2c(ccn2C)C1=O. The number of unbranched alkanes of at least 4 members (excludes halogenated alkanes) is 1. The summed E-state index contributed by atoms with van der Waals surface area (Å²) in [5, 5.41) is 0. The van der Waals surface area contributed by atoms with E-state index in [0.717, 1.165) is 62.5 Å². The Hall–Kier alpha value is -2.38. The molecule has 0 N–H and O–H groups in total. The van der Waals surface area contributed by atoms with E-state index in [-0.39, 0.29) is 23.9 Å². The van der Waals surface area contributed by atoms with Crippen molar-refractivity contribution in [1.82, 2.24) is 14.4 Å². The zero-order chi connectivity index (χ0) is 22.0. The van der Waals surface area contributed by atoms with Crippen LogP contribution in [0.2, 0.25) is 0 Å². The number of fused-ring (bicyclic) bond motifs is 1. The number of carbonyl (C=O) groups is 1. The summed E-state index contributed by atoms with van der Waals surface area (Å²) in [5.41, 5.74) is 2.78. The standard InChI is InChI=1S/C24H33FN4O2/c1-4-5-11-29-17-21(23(31-3)22-20(24(29)30)10-12-26(22)2)28-15-13-27(14-16-28)19-8-6-18(25)7-9-19/h6-10,12,21,23H,4-5,11,13-17H2,1-3H3. The lowest BCUT2D eigenvalue weighted by Crippen LogP contribution is -2.55. The number of carbonyl (C=O) groups excluding carboxylic acids is 1. The summed E-state index contributed by atoms with van der Waals surface area (Å²) in [6, 6.07) is 8.74. The Balaban J connectivity index is 1.56. The van der Waals surface area contributed by atoms with Crippen molar-refractivity contribution in [2.45, 2.75) is 31.9 Å². The molecule has 2 aliphatic heterocycles. The van der Waals surface area contributed by atoms with Gasteiger partial charge in [-0.05, 0) is 36.8 Å². The van der Waals surface area contributed by atoms with Gasteiger partial charge in [-0.25, -0.2) is 4.39 Å². The Bertz CT molecular complexity index is 889. The first-order chi connectivity index (χ1) is 15.0. The fourth-order valence-corrected chi connectivity index (χ4v) is 4.91. The summed E-state index contributed by atoms with van der Waals surface area (Å²) in [6.07, 6.45) is 3.85. The van der Waals surface area contributed by atoms with Crippen LogP contribution < -0.4 is 4.90 Å². The topological polar surface area (TPSA) is 41.0 Å². The number of rotatable bonds is 6. The number of hydrogen-bond acceptors (Lipinski definition) is 4. The minimum atomic E-state index is -0.209. The predicted octanol–water partition coefficient (Wildman–Crippen LogP) is 3.30. The molecule has 1 aromatic heterocycles. The molecule has 31 heavy (non-hydrogen) atoms. The lowest BCUT2D eigenvalue weighted by atomic mass is 10.0. The molecule has 168 valence electrons. The second kappa shape index (κ2) is 9.40. The maximum absolute atomic E-state index is 13.3. The number of nitrogens with zero attached hydrogens (tertiary/aromatic N) is 4. The van der Waals surface area contributed by atoms with Gasteiger partial charge in [0.05, 0.1) is 17.3 Å². The van der Waals surface area contributed by atoms with E-state index in [9.17, 15) is 9.18 Å². The zero-order valence-corrected chi connectivity index (χ0v) is 18.8. The monoisotopic (exact) mass is 428 g/mol. The molecule has 1 aromatic carbocycles. The number of anilines is 1. The number of aromatic nitrogens is 1. The molecule has 1 saturated heterocycles. The van der Waals surface area contributed by atoms with E-state index < -0.39 is 0 Å². The fraction of sp³-hybridized carbons (Fsp3) is 0.542. The van der Waals surface area contributed by atoms with Crippen molar-refractivity contribution in [3.8, 4) is 0 Å². The van der Waals surface area contributed by atoms with Crippen LogP contribution in [0.3, 0.4) is 0 Å². The van der Waals surface area contributed by atoms with Crippen LogP contribution in [0.1, 0.15) is 41.9 Å². The summed E-state index contributed by atoms with van der Waals surface area (Å²) >= 11 is 0. The normalized spacial score (nSPS) is 22.5. The minimum Gasteiger partial charge on any atom is -0.373 e. The van der Waals surface area contributed by atoms with Crippen LogP contribution in [-0.2, 0) is 11.8 Å². The maximum atomic E-state index is 13.3. The van der Waals surface area contributed by atoms with Crippen LogP contribution >= 0.6 is 0 Å². The van der Waals surface area contributed by atoms with E-state index in [1.807, 2.05) is 40.9 Å². The molecule has 0 radical (unpaired) electrons. The van der Waals surface area contributed by atoms with Crippen molar-refractivity contribution >= 4 is 11.6 Å². The lowest BCUT2D eigenvalue weighted by molar-refractivity contribution is -0.00317. The fourth-order valence-electron chi connectivity index (χ4n) is 4.91. The number of methoxy groups -OCH3 is 1. The van der Waals surface area contributed by atoms with Gasteiger partial charge in [0.2, 0.25) is 0 Å². The van der Waals surface area contributed by atoms with E-state index >= 15 is 0 Å². The van der Waals surface area contributed by atoms with Gasteiger partial charge >= 0.3 is 0 Å². The third kappa shape index (κ3) is 4.34. The van der Waals surface area contributed by atoms with E-state index in [1.54, 1.807) is 7.11 Å². The average Bonchev–Trinajstić information content (AvgIpc) is 3.11. The van der Waals surface area contributed by atoms with Crippen LogP contribution in [0, 0.1) is 5.82 Å². The molecular formula is C24H33FN4O2. The van der Waals surface area contributed by atoms with Crippen molar-refractivity contribution in [2.75, 3.05) is 51.3 Å². The Morgan fingerprint density at radius 2 is 1.81 bits per heavy atom.